The number of urea groups is 1. The van der Waals surface area contributed by atoms with Crippen LogP contribution in [0.2, 0.25) is 0 Å². The van der Waals surface area contributed by atoms with Crippen molar-refractivity contribution in [3.05, 3.63) is 11.6 Å². The quantitative estimate of drug-likeness (QED) is 0.554. The first-order chi connectivity index (χ1) is 10.9. The van der Waals surface area contributed by atoms with Gasteiger partial charge in [-0.05, 0) is 20.3 Å². The van der Waals surface area contributed by atoms with E-state index in [1.165, 1.54) is 10.5 Å². The SMILES string of the molecule is CC(C)=CCN1CCCN(C(=O)CN2C(=O)CN(C)C2=O)CC1. The van der Waals surface area contributed by atoms with Crippen molar-refractivity contribution in [2.24, 2.45) is 0 Å². The van der Waals surface area contributed by atoms with E-state index < -0.39 is 0 Å². The second-order valence-corrected chi connectivity index (χ2v) is 6.43. The topological polar surface area (TPSA) is 64.2 Å². The van der Waals surface area contributed by atoms with Crippen LogP contribution in [0.25, 0.3) is 0 Å². The number of nitrogens with zero attached hydrogens (tertiary/aromatic N) is 4. The summed E-state index contributed by atoms with van der Waals surface area (Å²) in [6.07, 6.45) is 3.10. The van der Waals surface area contributed by atoms with E-state index >= 15 is 0 Å². The number of likely N-dealkylation sites (N-methyl/N-ethyl adjacent to an activating group) is 1. The smallest absolute Gasteiger partial charge is 0.327 e. The average Bonchev–Trinajstić information content (AvgIpc) is 2.70. The second-order valence-electron chi connectivity index (χ2n) is 6.43. The van der Waals surface area contributed by atoms with E-state index in [9.17, 15) is 14.4 Å². The summed E-state index contributed by atoms with van der Waals surface area (Å²) in [6.45, 7) is 8.06. The molecule has 0 aromatic carbocycles. The molecule has 2 aliphatic rings. The molecule has 128 valence electrons. The molecule has 0 bridgehead atoms. The molecule has 2 aliphatic heterocycles. The molecule has 0 N–H and O–H groups in total. The monoisotopic (exact) mass is 322 g/mol. The largest absolute Gasteiger partial charge is 0.340 e. The summed E-state index contributed by atoms with van der Waals surface area (Å²) in [6, 6.07) is -0.386. The predicted octanol–water partition coefficient (Wildman–Crippen LogP) is 0.381. The van der Waals surface area contributed by atoms with Crippen molar-refractivity contribution < 1.29 is 14.4 Å². The summed E-state index contributed by atoms with van der Waals surface area (Å²) < 4.78 is 0. The van der Waals surface area contributed by atoms with Crippen molar-refractivity contribution in [2.45, 2.75) is 20.3 Å². The van der Waals surface area contributed by atoms with E-state index in [0.717, 1.165) is 31.0 Å². The molecule has 7 nitrogen and oxygen atoms in total. The van der Waals surface area contributed by atoms with Crippen LogP contribution >= 0.6 is 0 Å². The van der Waals surface area contributed by atoms with E-state index in [1.807, 2.05) is 0 Å². The fourth-order valence-corrected chi connectivity index (χ4v) is 2.77. The first-order valence-corrected chi connectivity index (χ1v) is 8.07. The standard InChI is InChI=1S/C16H26N4O3/c1-13(2)5-8-18-6-4-7-19(10-9-18)14(21)12-20-15(22)11-17(3)16(20)23/h5H,4,6-12H2,1-3H3. The Morgan fingerprint density at radius 1 is 1.13 bits per heavy atom. The van der Waals surface area contributed by atoms with Gasteiger partial charge in [0, 0.05) is 39.8 Å². The first kappa shape index (κ1) is 17.5. The minimum Gasteiger partial charge on any atom is -0.340 e. The average molecular weight is 322 g/mol. The Balaban J connectivity index is 1.87. The lowest BCUT2D eigenvalue weighted by molar-refractivity contribution is -0.136. The molecule has 2 rings (SSSR count). The highest BCUT2D eigenvalue weighted by Gasteiger charge is 2.35. The number of hydrogen-bond donors (Lipinski definition) is 0. The van der Waals surface area contributed by atoms with Gasteiger partial charge in [-0.15, -0.1) is 0 Å². The molecule has 0 spiro atoms. The fourth-order valence-electron chi connectivity index (χ4n) is 2.77. The Kier molecular flexibility index (Phi) is 5.76. The van der Waals surface area contributed by atoms with Gasteiger partial charge in [0.2, 0.25) is 5.91 Å². The van der Waals surface area contributed by atoms with Crippen LogP contribution in [-0.2, 0) is 9.59 Å². The molecule has 0 atom stereocenters. The molecule has 0 aliphatic carbocycles. The minimum atomic E-state index is -0.386. The first-order valence-electron chi connectivity index (χ1n) is 8.07. The number of rotatable bonds is 4. The normalized spacial score (nSPS) is 20.0. The third-order valence-electron chi connectivity index (χ3n) is 4.22. The maximum absolute atomic E-state index is 12.4. The molecule has 0 aromatic heterocycles. The molecule has 0 radical (unpaired) electrons. The summed E-state index contributed by atoms with van der Waals surface area (Å²) in [7, 11) is 1.57. The lowest BCUT2D eigenvalue weighted by atomic mass is 10.3. The van der Waals surface area contributed by atoms with E-state index in [2.05, 4.69) is 24.8 Å². The molecule has 4 amide bonds. The summed E-state index contributed by atoms with van der Waals surface area (Å²) in [5.41, 5.74) is 1.29. The molecule has 2 fully saturated rings. The molecule has 0 aromatic rings. The lowest BCUT2D eigenvalue weighted by Gasteiger charge is -2.23. The van der Waals surface area contributed by atoms with Gasteiger partial charge in [-0.2, -0.15) is 0 Å². The third-order valence-corrected chi connectivity index (χ3v) is 4.22. The number of carbonyl (C=O) groups excluding carboxylic acids is 3. The van der Waals surface area contributed by atoms with Gasteiger partial charge in [-0.25, -0.2) is 4.79 Å². The van der Waals surface area contributed by atoms with Crippen LogP contribution in [0.4, 0.5) is 4.79 Å². The van der Waals surface area contributed by atoms with Gasteiger partial charge in [-0.1, -0.05) is 11.6 Å². The van der Waals surface area contributed by atoms with Crippen LogP contribution in [0.15, 0.2) is 11.6 Å². The van der Waals surface area contributed by atoms with Crippen LogP contribution in [0.1, 0.15) is 20.3 Å². The molecule has 23 heavy (non-hydrogen) atoms. The van der Waals surface area contributed by atoms with Crippen molar-refractivity contribution in [2.75, 3.05) is 52.9 Å². The maximum atomic E-state index is 12.4. The summed E-state index contributed by atoms with van der Waals surface area (Å²) >= 11 is 0. The van der Waals surface area contributed by atoms with Crippen LogP contribution in [0.5, 0.6) is 0 Å². The number of imide groups is 1. The van der Waals surface area contributed by atoms with Gasteiger partial charge in [-0.3, -0.25) is 19.4 Å². The van der Waals surface area contributed by atoms with Gasteiger partial charge in [0.05, 0.1) is 0 Å². The summed E-state index contributed by atoms with van der Waals surface area (Å²) in [5.74, 6) is -0.447. The van der Waals surface area contributed by atoms with Crippen LogP contribution in [0.3, 0.4) is 0 Å². The summed E-state index contributed by atoms with van der Waals surface area (Å²) in [5, 5.41) is 0. The number of amides is 4. The van der Waals surface area contributed by atoms with Gasteiger partial charge >= 0.3 is 6.03 Å². The molecule has 2 saturated heterocycles. The zero-order valence-electron chi connectivity index (χ0n) is 14.2. The van der Waals surface area contributed by atoms with Gasteiger partial charge in [0.25, 0.3) is 5.91 Å². The van der Waals surface area contributed by atoms with Gasteiger partial charge in [0.1, 0.15) is 13.1 Å². The predicted molar refractivity (Wildman–Crippen MR) is 86.8 cm³/mol. The van der Waals surface area contributed by atoms with Gasteiger partial charge < -0.3 is 9.80 Å². The molecule has 0 saturated carbocycles. The van der Waals surface area contributed by atoms with Crippen molar-refractivity contribution in [1.29, 1.82) is 0 Å². The van der Waals surface area contributed by atoms with Crippen molar-refractivity contribution in [3.8, 4) is 0 Å². The number of hydrogen-bond acceptors (Lipinski definition) is 4. The van der Waals surface area contributed by atoms with Crippen LogP contribution < -0.4 is 0 Å². The number of allylic oxidation sites excluding steroid dienone is 1. The molecule has 7 heteroatoms. The highest BCUT2D eigenvalue weighted by atomic mass is 16.2. The Morgan fingerprint density at radius 2 is 1.87 bits per heavy atom. The molecular formula is C16H26N4O3. The van der Waals surface area contributed by atoms with E-state index in [4.69, 9.17) is 0 Å². The maximum Gasteiger partial charge on any atom is 0.327 e. The minimum absolute atomic E-state index is 0.0581. The van der Waals surface area contributed by atoms with E-state index in [0.29, 0.717) is 13.1 Å². The van der Waals surface area contributed by atoms with E-state index in [1.54, 1.807) is 11.9 Å². The molecule has 0 unspecified atom stereocenters. The zero-order valence-corrected chi connectivity index (χ0v) is 14.2. The Labute approximate surface area is 137 Å². The lowest BCUT2D eigenvalue weighted by Crippen LogP contribution is -2.44. The van der Waals surface area contributed by atoms with Crippen molar-refractivity contribution >= 4 is 17.8 Å². The Hall–Kier alpha value is -1.89. The van der Waals surface area contributed by atoms with Crippen LogP contribution in [0, 0.1) is 0 Å². The molecular weight excluding hydrogens is 296 g/mol. The Bertz CT molecular complexity index is 513. The van der Waals surface area contributed by atoms with Crippen molar-refractivity contribution in [1.82, 2.24) is 19.6 Å². The summed E-state index contributed by atoms with van der Waals surface area (Å²) in [4.78, 5) is 42.5. The Morgan fingerprint density at radius 3 is 2.48 bits per heavy atom. The van der Waals surface area contributed by atoms with E-state index in [-0.39, 0.29) is 30.9 Å². The fraction of sp³-hybridized carbons (Fsp3) is 0.688. The van der Waals surface area contributed by atoms with Gasteiger partial charge in [0.15, 0.2) is 0 Å². The van der Waals surface area contributed by atoms with Crippen molar-refractivity contribution in [3.63, 3.8) is 0 Å². The highest BCUT2D eigenvalue weighted by Crippen LogP contribution is 2.10. The number of carbonyl (C=O) groups is 3. The zero-order chi connectivity index (χ0) is 17.0. The highest BCUT2D eigenvalue weighted by molar-refractivity contribution is 6.04. The van der Waals surface area contributed by atoms with Crippen LogP contribution in [-0.4, -0.2) is 90.3 Å². The third kappa shape index (κ3) is 4.54. The molecule has 2 heterocycles. The second kappa shape index (κ2) is 7.59.